The van der Waals surface area contributed by atoms with Gasteiger partial charge in [0.05, 0.1) is 18.4 Å². The predicted octanol–water partition coefficient (Wildman–Crippen LogP) is 0.464. The van der Waals surface area contributed by atoms with Crippen molar-refractivity contribution >= 4 is 17.4 Å². The van der Waals surface area contributed by atoms with Crippen LogP contribution in [0.1, 0.15) is 6.92 Å². The first-order valence-corrected chi connectivity index (χ1v) is 4.88. The van der Waals surface area contributed by atoms with E-state index in [4.69, 9.17) is 5.84 Å². The van der Waals surface area contributed by atoms with Gasteiger partial charge in [-0.15, -0.1) is 0 Å². The van der Waals surface area contributed by atoms with Crippen molar-refractivity contribution in [3.8, 4) is 0 Å². The number of rotatable bonds is 2. The average Bonchev–Trinajstić information content (AvgIpc) is 2.65. The number of hydrogen-bond acceptors (Lipinski definition) is 5. The molecule has 0 spiro atoms. The van der Waals surface area contributed by atoms with Crippen molar-refractivity contribution in [1.29, 1.82) is 0 Å². The molecule has 0 aliphatic carbocycles. The number of hydrazine groups is 2. The minimum absolute atomic E-state index is 0.137. The number of anilines is 2. The fraction of sp³-hybridized carbons (Fsp3) is 0.200. The number of carbonyl (C=O) groups excluding carboxylic acids is 1. The van der Waals surface area contributed by atoms with E-state index in [-0.39, 0.29) is 5.91 Å². The van der Waals surface area contributed by atoms with Gasteiger partial charge in [-0.1, -0.05) is 0 Å². The normalized spacial score (nSPS) is 15.5. The van der Waals surface area contributed by atoms with Crippen molar-refractivity contribution in [3.63, 3.8) is 0 Å². The SMILES string of the molecule is CC(=O)Nc1ccc(N2C=CCN2N)cn1. The summed E-state index contributed by atoms with van der Waals surface area (Å²) in [4.78, 5) is 14.9. The molecular formula is C10H13N5O. The molecule has 84 valence electrons. The van der Waals surface area contributed by atoms with E-state index in [0.717, 1.165) is 5.69 Å². The molecular weight excluding hydrogens is 206 g/mol. The molecule has 1 aliphatic rings. The predicted molar refractivity (Wildman–Crippen MR) is 61.1 cm³/mol. The van der Waals surface area contributed by atoms with Crippen LogP contribution in [0.25, 0.3) is 0 Å². The van der Waals surface area contributed by atoms with E-state index in [1.54, 1.807) is 22.4 Å². The summed E-state index contributed by atoms with van der Waals surface area (Å²) >= 11 is 0. The van der Waals surface area contributed by atoms with Crippen molar-refractivity contribution in [2.24, 2.45) is 5.84 Å². The van der Waals surface area contributed by atoms with Crippen molar-refractivity contribution in [2.75, 3.05) is 16.9 Å². The Hall–Kier alpha value is -1.92. The van der Waals surface area contributed by atoms with Crippen LogP contribution in [0.4, 0.5) is 11.5 Å². The first-order chi connectivity index (χ1) is 7.66. The number of nitrogens with one attached hydrogen (secondary N) is 1. The number of nitrogens with zero attached hydrogens (tertiary/aromatic N) is 3. The third-order valence-corrected chi connectivity index (χ3v) is 2.13. The number of pyridine rings is 1. The Balaban J connectivity index is 2.13. The van der Waals surface area contributed by atoms with Crippen molar-refractivity contribution in [2.45, 2.75) is 6.92 Å². The van der Waals surface area contributed by atoms with Crippen LogP contribution < -0.4 is 16.2 Å². The lowest BCUT2D eigenvalue weighted by Gasteiger charge is -2.23. The van der Waals surface area contributed by atoms with Crippen molar-refractivity contribution in [3.05, 3.63) is 30.6 Å². The average molecular weight is 219 g/mol. The van der Waals surface area contributed by atoms with Gasteiger partial charge in [-0.2, -0.15) is 5.12 Å². The van der Waals surface area contributed by atoms with E-state index < -0.39 is 0 Å². The van der Waals surface area contributed by atoms with E-state index in [9.17, 15) is 4.79 Å². The lowest BCUT2D eigenvalue weighted by atomic mass is 10.4. The minimum atomic E-state index is -0.137. The van der Waals surface area contributed by atoms with Crippen LogP contribution in [0.2, 0.25) is 0 Å². The third-order valence-electron chi connectivity index (χ3n) is 2.13. The summed E-state index contributed by atoms with van der Waals surface area (Å²) in [6, 6.07) is 3.57. The number of nitrogens with two attached hydrogens (primary N) is 1. The summed E-state index contributed by atoms with van der Waals surface area (Å²) in [5.41, 5.74) is 0.852. The van der Waals surface area contributed by atoms with Gasteiger partial charge in [0.1, 0.15) is 5.82 Å². The third kappa shape index (κ3) is 2.18. The highest BCUT2D eigenvalue weighted by molar-refractivity contribution is 5.87. The van der Waals surface area contributed by atoms with E-state index in [1.165, 1.54) is 6.92 Å². The molecule has 0 saturated carbocycles. The van der Waals surface area contributed by atoms with Crippen LogP contribution in [-0.2, 0) is 4.79 Å². The molecule has 0 saturated heterocycles. The maximum Gasteiger partial charge on any atom is 0.222 e. The lowest BCUT2D eigenvalue weighted by Crippen LogP contribution is -2.40. The molecule has 2 heterocycles. The van der Waals surface area contributed by atoms with Gasteiger partial charge in [0, 0.05) is 13.1 Å². The summed E-state index contributed by atoms with van der Waals surface area (Å²) in [5.74, 6) is 6.12. The van der Waals surface area contributed by atoms with Gasteiger partial charge in [0.2, 0.25) is 5.91 Å². The molecule has 6 nitrogen and oxygen atoms in total. The molecule has 2 rings (SSSR count). The van der Waals surface area contributed by atoms with E-state index in [0.29, 0.717) is 12.4 Å². The second-order valence-corrected chi connectivity index (χ2v) is 3.43. The Bertz CT molecular complexity index is 414. The van der Waals surface area contributed by atoms with Gasteiger partial charge in [-0.05, 0) is 18.2 Å². The fourth-order valence-electron chi connectivity index (χ4n) is 1.44. The molecule has 16 heavy (non-hydrogen) atoms. The molecule has 0 aromatic carbocycles. The lowest BCUT2D eigenvalue weighted by molar-refractivity contribution is -0.114. The second-order valence-electron chi connectivity index (χ2n) is 3.43. The summed E-state index contributed by atoms with van der Waals surface area (Å²) in [7, 11) is 0. The fourth-order valence-corrected chi connectivity index (χ4v) is 1.44. The Labute approximate surface area is 93.3 Å². The number of aromatic nitrogens is 1. The zero-order chi connectivity index (χ0) is 11.5. The second kappa shape index (κ2) is 4.30. The highest BCUT2D eigenvalue weighted by Crippen LogP contribution is 2.18. The zero-order valence-corrected chi connectivity index (χ0v) is 8.92. The summed E-state index contributed by atoms with van der Waals surface area (Å²) in [6.45, 7) is 2.12. The van der Waals surface area contributed by atoms with Gasteiger partial charge < -0.3 is 5.32 Å². The molecule has 0 atom stereocenters. The Morgan fingerprint density at radius 3 is 2.88 bits per heavy atom. The maximum atomic E-state index is 10.8. The number of hydrogen-bond donors (Lipinski definition) is 2. The minimum Gasteiger partial charge on any atom is -0.311 e. The van der Waals surface area contributed by atoms with Crippen molar-refractivity contribution < 1.29 is 4.79 Å². The van der Waals surface area contributed by atoms with Gasteiger partial charge in [0.15, 0.2) is 0 Å². The maximum absolute atomic E-state index is 10.8. The Kier molecular flexibility index (Phi) is 2.84. The largest absolute Gasteiger partial charge is 0.311 e. The standard InChI is InChI=1S/C10H13N5O/c1-8(16)13-10-4-3-9(7-12-10)14-5-2-6-15(14)11/h2-5,7H,6,11H2,1H3,(H,12,13,16). The Morgan fingerprint density at radius 1 is 1.56 bits per heavy atom. The van der Waals surface area contributed by atoms with Crippen LogP contribution in [-0.4, -0.2) is 22.6 Å². The molecule has 0 unspecified atom stereocenters. The van der Waals surface area contributed by atoms with Crippen LogP contribution in [0.5, 0.6) is 0 Å². The first-order valence-electron chi connectivity index (χ1n) is 4.88. The van der Waals surface area contributed by atoms with E-state index >= 15 is 0 Å². The molecule has 1 aliphatic heterocycles. The molecule has 1 aromatic heterocycles. The molecule has 1 amide bonds. The summed E-state index contributed by atoms with van der Waals surface area (Å²) < 4.78 is 0. The first kappa shape index (κ1) is 10.6. The zero-order valence-electron chi connectivity index (χ0n) is 8.92. The van der Waals surface area contributed by atoms with Crippen molar-refractivity contribution in [1.82, 2.24) is 10.1 Å². The molecule has 0 bridgehead atoms. The van der Waals surface area contributed by atoms with Crippen LogP contribution in [0.3, 0.4) is 0 Å². The molecule has 0 radical (unpaired) electrons. The smallest absolute Gasteiger partial charge is 0.222 e. The molecule has 6 heteroatoms. The highest BCUT2D eigenvalue weighted by Gasteiger charge is 2.13. The van der Waals surface area contributed by atoms with Crippen LogP contribution in [0.15, 0.2) is 30.6 Å². The van der Waals surface area contributed by atoms with E-state index in [1.807, 2.05) is 18.3 Å². The van der Waals surface area contributed by atoms with E-state index in [2.05, 4.69) is 10.3 Å². The monoisotopic (exact) mass is 219 g/mol. The van der Waals surface area contributed by atoms with Gasteiger partial charge in [-0.25, -0.2) is 10.8 Å². The number of carbonyl (C=O) groups is 1. The summed E-state index contributed by atoms with van der Waals surface area (Å²) in [6.07, 6.45) is 5.47. The Morgan fingerprint density at radius 2 is 2.38 bits per heavy atom. The molecule has 1 aromatic rings. The summed E-state index contributed by atoms with van der Waals surface area (Å²) in [5, 5.41) is 5.95. The van der Waals surface area contributed by atoms with Gasteiger partial charge in [-0.3, -0.25) is 9.80 Å². The topological polar surface area (TPSA) is 74.5 Å². The molecule has 3 N–H and O–H groups in total. The van der Waals surface area contributed by atoms with Gasteiger partial charge >= 0.3 is 0 Å². The van der Waals surface area contributed by atoms with Crippen LogP contribution in [0, 0.1) is 0 Å². The number of amides is 1. The van der Waals surface area contributed by atoms with Gasteiger partial charge in [0.25, 0.3) is 0 Å². The highest BCUT2D eigenvalue weighted by atomic mass is 16.1. The molecule has 0 fully saturated rings. The quantitative estimate of drug-likeness (QED) is 0.707. The van der Waals surface area contributed by atoms with Crippen LogP contribution >= 0.6 is 0 Å².